The molecule has 0 aliphatic carbocycles. The number of rotatable bonds is 4. The van der Waals surface area contributed by atoms with Crippen molar-refractivity contribution in [1.82, 2.24) is 0 Å². The maximum Gasteiger partial charge on any atom is 0.124 e. The van der Waals surface area contributed by atoms with Crippen molar-refractivity contribution in [2.45, 2.75) is 25.6 Å². The molecule has 0 saturated heterocycles. The van der Waals surface area contributed by atoms with Gasteiger partial charge in [0.2, 0.25) is 0 Å². The molecule has 15 heavy (non-hydrogen) atoms. The first kappa shape index (κ1) is 12.4. The molecule has 1 aromatic rings. The number of phenols is 1. The molecule has 0 radical (unpaired) electrons. The Morgan fingerprint density at radius 3 is 2.60 bits per heavy atom. The van der Waals surface area contributed by atoms with Crippen LogP contribution in [0.2, 0.25) is 0 Å². The molecule has 0 amide bonds. The Balaban J connectivity index is 2.90. The van der Waals surface area contributed by atoms with E-state index in [9.17, 15) is 15.3 Å². The average molecular weight is 228 g/mol. The molecule has 3 nitrogen and oxygen atoms in total. The van der Waals surface area contributed by atoms with Crippen LogP contribution in [-0.4, -0.2) is 27.2 Å². The maximum atomic E-state index is 9.78. The lowest BCUT2D eigenvalue weighted by Crippen LogP contribution is -2.18. The SMILES string of the molecule is Cc1cccc(C(O)C(O)CCS)c1O. The number of para-hydroxylation sites is 1. The standard InChI is InChI=1S/C11H16O3S/c1-7-3-2-4-8(10(7)13)11(14)9(12)5-6-15/h2-4,9,11-15H,5-6H2,1H3. The highest BCUT2D eigenvalue weighted by Crippen LogP contribution is 2.30. The van der Waals surface area contributed by atoms with Gasteiger partial charge in [-0.05, 0) is 24.7 Å². The van der Waals surface area contributed by atoms with E-state index < -0.39 is 12.2 Å². The van der Waals surface area contributed by atoms with Crippen molar-refractivity contribution in [3.63, 3.8) is 0 Å². The summed E-state index contributed by atoms with van der Waals surface area (Å²) >= 11 is 3.98. The van der Waals surface area contributed by atoms with Crippen LogP contribution in [0, 0.1) is 6.92 Å². The summed E-state index contributed by atoms with van der Waals surface area (Å²) in [4.78, 5) is 0. The van der Waals surface area contributed by atoms with E-state index >= 15 is 0 Å². The number of hydrogen-bond acceptors (Lipinski definition) is 4. The van der Waals surface area contributed by atoms with Crippen LogP contribution in [0.15, 0.2) is 18.2 Å². The van der Waals surface area contributed by atoms with Crippen molar-refractivity contribution in [3.8, 4) is 5.75 Å². The number of benzene rings is 1. The first-order valence-electron chi connectivity index (χ1n) is 4.83. The molecule has 0 bridgehead atoms. The molecule has 3 N–H and O–H groups in total. The van der Waals surface area contributed by atoms with Crippen molar-refractivity contribution in [3.05, 3.63) is 29.3 Å². The number of aliphatic hydroxyl groups is 2. The first-order valence-corrected chi connectivity index (χ1v) is 5.46. The van der Waals surface area contributed by atoms with E-state index in [2.05, 4.69) is 12.6 Å². The summed E-state index contributed by atoms with van der Waals surface area (Å²) < 4.78 is 0. The maximum absolute atomic E-state index is 9.78. The Hall–Kier alpha value is -0.710. The number of aromatic hydroxyl groups is 1. The molecule has 0 fully saturated rings. The van der Waals surface area contributed by atoms with Gasteiger partial charge in [-0.1, -0.05) is 18.2 Å². The van der Waals surface area contributed by atoms with Crippen molar-refractivity contribution in [2.24, 2.45) is 0 Å². The second-order valence-corrected chi connectivity index (χ2v) is 3.98. The van der Waals surface area contributed by atoms with Gasteiger partial charge in [-0.2, -0.15) is 12.6 Å². The summed E-state index contributed by atoms with van der Waals surface area (Å²) in [6.45, 7) is 1.75. The molecule has 0 aliphatic rings. The Morgan fingerprint density at radius 1 is 1.33 bits per heavy atom. The molecular formula is C11H16O3S. The fourth-order valence-corrected chi connectivity index (χ4v) is 1.68. The van der Waals surface area contributed by atoms with Crippen LogP contribution < -0.4 is 0 Å². The summed E-state index contributed by atoms with van der Waals surface area (Å²) in [7, 11) is 0. The lowest BCUT2D eigenvalue weighted by atomic mass is 9.99. The summed E-state index contributed by atoms with van der Waals surface area (Å²) in [6, 6.07) is 5.09. The van der Waals surface area contributed by atoms with Crippen LogP contribution in [-0.2, 0) is 0 Å². The fourth-order valence-electron chi connectivity index (χ4n) is 1.42. The van der Waals surface area contributed by atoms with E-state index in [-0.39, 0.29) is 5.75 Å². The van der Waals surface area contributed by atoms with Crippen molar-refractivity contribution < 1.29 is 15.3 Å². The number of thiol groups is 1. The molecule has 0 spiro atoms. The normalized spacial score (nSPS) is 14.9. The van der Waals surface area contributed by atoms with Crippen molar-refractivity contribution >= 4 is 12.6 Å². The molecule has 0 saturated carbocycles. The summed E-state index contributed by atoms with van der Waals surface area (Å²) in [5.74, 6) is 0.536. The van der Waals surface area contributed by atoms with Gasteiger partial charge in [0, 0.05) is 5.56 Å². The van der Waals surface area contributed by atoms with Crippen LogP contribution in [0.5, 0.6) is 5.75 Å². The summed E-state index contributed by atoms with van der Waals surface area (Å²) in [5, 5.41) is 29.1. The largest absolute Gasteiger partial charge is 0.507 e. The van der Waals surface area contributed by atoms with E-state index in [1.165, 1.54) is 0 Å². The lowest BCUT2D eigenvalue weighted by molar-refractivity contribution is 0.0159. The number of hydrogen-bond donors (Lipinski definition) is 4. The van der Waals surface area contributed by atoms with Crippen molar-refractivity contribution in [2.75, 3.05) is 5.75 Å². The predicted octanol–water partition coefficient (Wildman–Crippen LogP) is 1.41. The lowest BCUT2D eigenvalue weighted by Gasteiger charge is -2.19. The minimum absolute atomic E-state index is 0.0446. The van der Waals surface area contributed by atoms with E-state index in [0.29, 0.717) is 23.3 Å². The second kappa shape index (κ2) is 5.39. The monoisotopic (exact) mass is 228 g/mol. The van der Waals surface area contributed by atoms with Gasteiger partial charge < -0.3 is 15.3 Å². The zero-order valence-corrected chi connectivity index (χ0v) is 9.48. The molecule has 0 aliphatic heterocycles. The highest BCUT2D eigenvalue weighted by molar-refractivity contribution is 7.80. The minimum Gasteiger partial charge on any atom is -0.507 e. The highest BCUT2D eigenvalue weighted by atomic mass is 32.1. The van der Waals surface area contributed by atoms with Crippen LogP contribution in [0.25, 0.3) is 0 Å². The smallest absolute Gasteiger partial charge is 0.124 e. The van der Waals surface area contributed by atoms with Gasteiger partial charge in [0.1, 0.15) is 11.9 Å². The minimum atomic E-state index is -1.06. The van der Waals surface area contributed by atoms with Crippen LogP contribution in [0.1, 0.15) is 23.7 Å². The molecule has 2 unspecified atom stereocenters. The van der Waals surface area contributed by atoms with Gasteiger partial charge in [-0.25, -0.2) is 0 Å². The third-order valence-electron chi connectivity index (χ3n) is 2.38. The van der Waals surface area contributed by atoms with E-state index in [0.717, 1.165) is 0 Å². The average Bonchev–Trinajstić information content (AvgIpc) is 2.21. The predicted molar refractivity (Wildman–Crippen MR) is 62.3 cm³/mol. The Kier molecular flexibility index (Phi) is 4.45. The molecule has 84 valence electrons. The Morgan fingerprint density at radius 2 is 2.00 bits per heavy atom. The quantitative estimate of drug-likeness (QED) is 0.589. The van der Waals surface area contributed by atoms with Crippen LogP contribution in [0.4, 0.5) is 0 Å². The van der Waals surface area contributed by atoms with Gasteiger partial charge >= 0.3 is 0 Å². The first-order chi connectivity index (χ1) is 7.07. The fraction of sp³-hybridized carbons (Fsp3) is 0.455. The van der Waals surface area contributed by atoms with Gasteiger partial charge in [-0.15, -0.1) is 0 Å². The van der Waals surface area contributed by atoms with Gasteiger partial charge in [0.25, 0.3) is 0 Å². The molecule has 2 atom stereocenters. The summed E-state index contributed by atoms with van der Waals surface area (Å²) in [5.41, 5.74) is 1.05. The third-order valence-corrected chi connectivity index (χ3v) is 2.64. The molecular weight excluding hydrogens is 212 g/mol. The molecule has 0 heterocycles. The summed E-state index contributed by atoms with van der Waals surface area (Å²) in [6.07, 6.45) is -1.57. The van der Waals surface area contributed by atoms with Crippen LogP contribution >= 0.6 is 12.6 Å². The van der Waals surface area contributed by atoms with Gasteiger partial charge in [-0.3, -0.25) is 0 Å². The van der Waals surface area contributed by atoms with E-state index in [4.69, 9.17) is 0 Å². The van der Waals surface area contributed by atoms with E-state index in [1.54, 1.807) is 25.1 Å². The topological polar surface area (TPSA) is 60.7 Å². The molecule has 1 aromatic carbocycles. The second-order valence-electron chi connectivity index (χ2n) is 3.54. The zero-order chi connectivity index (χ0) is 11.4. The zero-order valence-electron chi connectivity index (χ0n) is 8.59. The van der Waals surface area contributed by atoms with Crippen molar-refractivity contribution in [1.29, 1.82) is 0 Å². The molecule has 0 aromatic heterocycles. The number of aryl methyl sites for hydroxylation is 1. The molecule has 4 heteroatoms. The Labute approximate surface area is 94.8 Å². The van der Waals surface area contributed by atoms with Crippen LogP contribution in [0.3, 0.4) is 0 Å². The Bertz CT molecular complexity index is 328. The third kappa shape index (κ3) is 2.87. The number of phenolic OH excluding ortho intramolecular Hbond substituents is 1. The van der Waals surface area contributed by atoms with Gasteiger partial charge in [0.05, 0.1) is 6.10 Å². The molecule has 1 rings (SSSR count). The van der Waals surface area contributed by atoms with Gasteiger partial charge in [0.15, 0.2) is 0 Å². The number of aliphatic hydroxyl groups excluding tert-OH is 2. The highest BCUT2D eigenvalue weighted by Gasteiger charge is 2.20. The van der Waals surface area contributed by atoms with E-state index in [1.807, 2.05) is 0 Å².